The van der Waals surface area contributed by atoms with E-state index in [9.17, 15) is 9.18 Å². The summed E-state index contributed by atoms with van der Waals surface area (Å²) in [6.07, 6.45) is 1.12. The van der Waals surface area contributed by atoms with Crippen molar-refractivity contribution < 1.29 is 13.9 Å². The largest absolute Gasteiger partial charge is 0.461 e. The molecule has 0 aliphatic carbocycles. The summed E-state index contributed by atoms with van der Waals surface area (Å²) < 4.78 is 19.4. The van der Waals surface area contributed by atoms with Gasteiger partial charge in [-0.2, -0.15) is 4.98 Å². The Labute approximate surface area is 191 Å². The number of benzene rings is 2. The maximum absolute atomic E-state index is 14.3. The van der Waals surface area contributed by atoms with Gasteiger partial charge in [-0.25, -0.2) is 14.2 Å². The van der Waals surface area contributed by atoms with Crippen LogP contribution in [0.1, 0.15) is 43.7 Å². The van der Waals surface area contributed by atoms with Gasteiger partial charge in [0.15, 0.2) is 11.6 Å². The number of H-pyrrole nitrogens is 1. The molecule has 4 rings (SSSR count). The Morgan fingerprint density at radius 2 is 1.79 bits per heavy atom. The third-order valence-corrected chi connectivity index (χ3v) is 5.13. The molecule has 0 aliphatic rings. The Morgan fingerprint density at radius 3 is 2.48 bits per heavy atom. The van der Waals surface area contributed by atoms with Gasteiger partial charge in [0.05, 0.1) is 12.8 Å². The molecular weight excluding hydrogens is 421 g/mol. The second kappa shape index (κ2) is 8.90. The number of fused-ring (bicyclic) bond motifs is 1. The standard InChI is InChI=1S/C25H26FN5O2/c1-5-33-23(32)21-13-15-12-18(10-11-20(15)30-21)29-24-27-14-19(26)22(31-24)28-17-8-6-16(7-9-17)25(2,3)4/h6-14,30H,5H2,1-4H3,(H2,27,28,29,31). The Kier molecular flexibility index (Phi) is 6.00. The van der Waals surface area contributed by atoms with Gasteiger partial charge in [0.1, 0.15) is 5.69 Å². The highest BCUT2D eigenvalue weighted by Gasteiger charge is 2.14. The number of anilines is 4. The summed E-state index contributed by atoms with van der Waals surface area (Å²) in [5, 5.41) is 6.92. The number of carbonyl (C=O) groups excluding carboxylic acids is 1. The smallest absolute Gasteiger partial charge is 0.354 e. The van der Waals surface area contributed by atoms with Gasteiger partial charge in [0.2, 0.25) is 5.95 Å². The molecular formula is C25H26FN5O2. The van der Waals surface area contributed by atoms with Crippen LogP contribution in [-0.2, 0) is 10.2 Å². The van der Waals surface area contributed by atoms with E-state index in [0.29, 0.717) is 18.0 Å². The lowest BCUT2D eigenvalue weighted by molar-refractivity contribution is 0.0520. The molecule has 0 aliphatic heterocycles. The van der Waals surface area contributed by atoms with E-state index in [-0.39, 0.29) is 17.2 Å². The van der Waals surface area contributed by atoms with Crippen molar-refractivity contribution in [2.45, 2.75) is 33.1 Å². The number of ether oxygens (including phenoxy) is 1. The number of aromatic amines is 1. The summed E-state index contributed by atoms with van der Waals surface area (Å²) in [5.41, 5.74) is 3.82. The van der Waals surface area contributed by atoms with Crippen LogP contribution in [-0.4, -0.2) is 27.5 Å². The molecule has 2 aromatic heterocycles. The Morgan fingerprint density at radius 1 is 1.06 bits per heavy atom. The second-order valence-corrected chi connectivity index (χ2v) is 8.67. The maximum atomic E-state index is 14.3. The van der Waals surface area contributed by atoms with E-state index in [2.05, 4.69) is 46.4 Å². The highest BCUT2D eigenvalue weighted by atomic mass is 19.1. The van der Waals surface area contributed by atoms with E-state index in [1.54, 1.807) is 13.0 Å². The normalized spacial score (nSPS) is 11.4. The van der Waals surface area contributed by atoms with Gasteiger partial charge in [-0.3, -0.25) is 0 Å². The average Bonchev–Trinajstić information content (AvgIpc) is 3.20. The minimum atomic E-state index is -0.555. The third-order valence-electron chi connectivity index (χ3n) is 5.13. The van der Waals surface area contributed by atoms with Crippen molar-refractivity contribution in [3.05, 3.63) is 71.8 Å². The van der Waals surface area contributed by atoms with Crippen molar-refractivity contribution in [1.82, 2.24) is 15.0 Å². The predicted molar refractivity (Wildman–Crippen MR) is 128 cm³/mol. The minimum Gasteiger partial charge on any atom is -0.461 e. The molecule has 0 amide bonds. The summed E-state index contributed by atoms with van der Waals surface area (Å²) in [6.45, 7) is 8.48. The molecule has 0 radical (unpaired) electrons. The first-order valence-electron chi connectivity index (χ1n) is 10.7. The fourth-order valence-electron chi connectivity index (χ4n) is 3.36. The van der Waals surface area contributed by atoms with Crippen molar-refractivity contribution >= 4 is 40.0 Å². The lowest BCUT2D eigenvalue weighted by Gasteiger charge is -2.19. The first kappa shape index (κ1) is 22.3. The number of esters is 1. The Bertz CT molecular complexity index is 1290. The van der Waals surface area contributed by atoms with Crippen molar-refractivity contribution in [3.8, 4) is 0 Å². The maximum Gasteiger partial charge on any atom is 0.354 e. The van der Waals surface area contributed by atoms with Gasteiger partial charge in [0, 0.05) is 22.3 Å². The van der Waals surface area contributed by atoms with E-state index < -0.39 is 11.8 Å². The van der Waals surface area contributed by atoms with Crippen molar-refractivity contribution in [2.24, 2.45) is 0 Å². The van der Waals surface area contributed by atoms with Crippen LogP contribution in [0.25, 0.3) is 10.9 Å². The first-order chi connectivity index (χ1) is 15.7. The van der Waals surface area contributed by atoms with Gasteiger partial charge in [-0.05, 0) is 54.3 Å². The zero-order valence-electron chi connectivity index (χ0n) is 19.0. The van der Waals surface area contributed by atoms with Crippen LogP contribution < -0.4 is 10.6 Å². The minimum absolute atomic E-state index is 0.0352. The van der Waals surface area contributed by atoms with Crippen LogP contribution in [0.5, 0.6) is 0 Å². The summed E-state index contributed by atoms with van der Waals surface area (Å²) in [6, 6.07) is 15.0. The van der Waals surface area contributed by atoms with Gasteiger partial charge in [0.25, 0.3) is 0 Å². The molecule has 8 heteroatoms. The molecule has 0 saturated carbocycles. The molecule has 3 N–H and O–H groups in total. The highest BCUT2D eigenvalue weighted by Crippen LogP contribution is 2.26. The number of nitrogens with one attached hydrogen (secondary N) is 3. The molecule has 0 unspecified atom stereocenters. The van der Waals surface area contributed by atoms with Crippen LogP contribution >= 0.6 is 0 Å². The quantitative estimate of drug-likeness (QED) is 0.311. The van der Waals surface area contributed by atoms with E-state index in [4.69, 9.17) is 4.74 Å². The average molecular weight is 448 g/mol. The van der Waals surface area contributed by atoms with Crippen LogP contribution in [0.4, 0.5) is 27.5 Å². The first-order valence-corrected chi connectivity index (χ1v) is 10.7. The fraction of sp³-hybridized carbons (Fsp3) is 0.240. The monoisotopic (exact) mass is 447 g/mol. The molecule has 0 spiro atoms. The zero-order valence-corrected chi connectivity index (χ0v) is 19.0. The van der Waals surface area contributed by atoms with Gasteiger partial charge >= 0.3 is 5.97 Å². The van der Waals surface area contributed by atoms with Crippen LogP contribution in [0.3, 0.4) is 0 Å². The molecule has 0 saturated heterocycles. The second-order valence-electron chi connectivity index (χ2n) is 8.67. The van der Waals surface area contributed by atoms with E-state index >= 15 is 0 Å². The topological polar surface area (TPSA) is 91.9 Å². The Hall–Kier alpha value is -3.94. The molecule has 2 heterocycles. The number of rotatable bonds is 6. The molecule has 0 atom stereocenters. The van der Waals surface area contributed by atoms with Crippen LogP contribution in [0.15, 0.2) is 54.7 Å². The SMILES string of the molecule is CCOC(=O)c1cc2cc(Nc3ncc(F)c(Nc4ccc(C(C)(C)C)cc4)n3)ccc2[nH]1. The van der Waals surface area contributed by atoms with E-state index in [0.717, 1.165) is 22.8 Å². The zero-order chi connectivity index (χ0) is 23.6. The summed E-state index contributed by atoms with van der Waals surface area (Å²) in [7, 11) is 0. The van der Waals surface area contributed by atoms with Gasteiger partial charge in [-0.1, -0.05) is 32.9 Å². The molecule has 33 heavy (non-hydrogen) atoms. The number of carbonyl (C=O) groups is 1. The fourth-order valence-corrected chi connectivity index (χ4v) is 3.36. The predicted octanol–water partition coefficient (Wildman–Crippen LogP) is 6.06. The summed E-state index contributed by atoms with van der Waals surface area (Å²) in [4.78, 5) is 23.3. The number of halogens is 1. The molecule has 0 bridgehead atoms. The van der Waals surface area contributed by atoms with Crippen molar-refractivity contribution in [1.29, 1.82) is 0 Å². The van der Waals surface area contributed by atoms with Crippen LogP contribution in [0.2, 0.25) is 0 Å². The molecule has 2 aromatic carbocycles. The third kappa shape index (κ3) is 5.11. The number of hydrogen-bond donors (Lipinski definition) is 3. The number of hydrogen-bond acceptors (Lipinski definition) is 6. The van der Waals surface area contributed by atoms with Crippen molar-refractivity contribution in [3.63, 3.8) is 0 Å². The van der Waals surface area contributed by atoms with Crippen molar-refractivity contribution in [2.75, 3.05) is 17.2 Å². The molecule has 170 valence electrons. The van der Waals surface area contributed by atoms with Crippen LogP contribution in [0, 0.1) is 5.82 Å². The number of aromatic nitrogens is 3. The van der Waals surface area contributed by atoms with E-state index in [1.807, 2.05) is 42.5 Å². The highest BCUT2D eigenvalue weighted by molar-refractivity contribution is 5.95. The van der Waals surface area contributed by atoms with Gasteiger partial charge < -0.3 is 20.4 Å². The summed E-state index contributed by atoms with van der Waals surface area (Å²) in [5.74, 6) is -0.647. The molecule has 0 fully saturated rings. The molecule has 7 nitrogen and oxygen atoms in total. The van der Waals surface area contributed by atoms with Gasteiger partial charge in [-0.15, -0.1) is 0 Å². The lowest BCUT2D eigenvalue weighted by atomic mass is 9.87. The molecule has 4 aromatic rings. The summed E-state index contributed by atoms with van der Waals surface area (Å²) >= 11 is 0. The number of nitrogens with zero attached hydrogens (tertiary/aromatic N) is 2. The lowest BCUT2D eigenvalue weighted by Crippen LogP contribution is -2.10. The Balaban J connectivity index is 1.52. The van der Waals surface area contributed by atoms with E-state index in [1.165, 1.54) is 5.56 Å².